The summed E-state index contributed by atoms with van der Waals surface area (Å²) in [5.74, 6) is -0.140. The Kier molecular flexibility index (Phi) is 11.1. The second kappa shape index (κ2) is 13.1. The Morgan fingerprint density at radius 3 is 2.56 bits per heavy atom. The van der Waals surface area contributed by atoms with Gasteiger partial charge in [0.2, 0.25) is 5.91 Å². The average molecular weight is 479 g/mol. The highest BCUT2D eigenvalue weighted by atomic mass is 32.2. The molecule has 11 heteroatoms. The molecule has 32 heavy (non-hydrogen) atoms. The molecular formula is C21H38N2O8S. The number of hydrogen-bond donors (Lipinski definition) is 4. The molecule has 0 aromatic heterocycles. The molecule has 0 radical (unpaired) electrons. The lowest BCUT2D eigenvalue weighted by Gasteiger charge is -2.44. The zero-order valence-corrected chi connectivity index (χ0v) is 20.1. The summed E-state index contributed by atoms with van der Waals surface area (Å²) in [5.41, 5.74) is -0.874. The third-order valence-electron chi connectivity index (χ3n) is 6.05. The molecule has 8 unspecified atom stereocenters. The number of aliphatic hydroxyl groups excluding tert-OH is 3. The Labute approximate surface area is 194 Å². The summed E-state index contributed by atoms with van der Waals surface area (Å²) >= 11 is 1.17. The third kappa shape index (κ3) is 7.02. The number of rotatable bonds is 11. The highest BCUT2D eigenvalue weighted by molar-refractivity contribution is 7.99. The average Bonchev–Trinajstić information content (AvgIpc) is 3.20. The molecule has 1 amide bonds. The standard InChI is InChI=1S/C21H38N2O8S/c1-5-7-14(24)30-10-11-32-21-18(27)16(25)17(26)19(31-21)15(12(2)29-4)22-20(28)13-8-6-9-23(13)3/h12-13,15-19,21,25-27H,5-11H2,1-4H3,(H,22,28). The second-order valence-corrected chi connectivity index (χ2v) is 9.60. The van der Waals surface area contributed by atoms with Gasteiger partial charge in [0.25, 0.3) is 0 Å². The zero-order valence-electron chi connectivity index (χ0n) is 19.3. The van der Waals surface area contributed by atoms with Gasteiger partial charge in [0.1, 0.15) is 36.5 Å². The molecular weight excluding hydrogens is 440 g/mol. The molecule has 10 nitrogen and oxygen atoms in total. The third-order valence-corrected chi connectivity index (χ3v) is 7.17. The van der Waals surface area contributed by atoms with Crippen LogP contribution in [0.4, 0.5) is 0 Å². The molecule has 0 saturated carbocycles. The Hall–Kier alpha value is -0.950. The number of likely N-dealkylation sites (N-methyl/N-ethyl adjacent to an activating group) is 1. The van der Waals surface area contributed by atoms with Crippen LogP contribution >= 0.6 is 11.8 Å². The zero-order chi connectivity index (χ0) is 23.8. The molecule has 4 N–H and O–H groups in total. The van der Waals surface area contributed by atoms with E-state index in [-0.39, 0.29) is 24.5 Å². The van der Waals surface area contributed by atoms with E-state index in [1.54, 1.807) is 6.92 Å². The lowest BCUT2D eigenvalue weighted by Crippen LogP contribution is -2.66. The minimum Gasteiger partial charge on any atom is -0.465 e. The van der Waals surface area contributed by atoms with Crippen LogP contribution in [0, 0.1) is 0 Å². The van der Waals surface area contributed by atoms with Gasteiger partial charge in [0, 0.05) is 19.3 Å². The van der Waals surface area contributed by atoms with Crippen LogP contribution in [0.5, 0.6) is 0 Å². The quantitative estimate of drug-likeness (QED) is 0.227. The molecule has 2 aliphatic heterocycles. The van der Waals surface area contributed by atoms with E-state index in [0.29, 0.717) is 18.6 Å². The number of ether oxygens (including phenoxy) is 3. The van der Waals surface area contributed by atoms with Crippen LogP contribution in [0.25, 0.3) is 0 Å². The van der Waals surface area contributed by atoms with Crippen molar-refractivity contribution in [3.05, 3.63) is 0 Å². The fourth-order valence-electron chi connectivity index (χ4n) is 4.02. The molecule has 2 rings (SSSR count). The summed E-state index contributed by atoms with van der Waals surface area (Å²) in [6.07, 6.45) is -3.05. The van der Waals surface area contributed by atoms with E-state index in [2.05, 4.69) is 5.32 Å². The summed E-state index contributed by atoms with van der Waals surface area (Å²) in [5, 5.41) is 34.4. The number of amides is 1. The molecule has 2 saturated heterocycles. The van der Waals surface area contributed by atoms with E-state index in [4.69, 9.17) is 14.2 Å². The van der Waals surface area contributed by atoms with Gasteiger partial charge in [-0.3, -0.25) is 14.5 Å². The molecule has 0 aliphatic carbocycles. The van der Waals surface area contributed by atoms with E-state index in [1.807, 2.05) is 18.9 Å². The second-order valence-electron chi connectivity index (χ2n) is 8.40. The summed E-state index contributed by atoms with van der Waals surface area (Å²) in [6.45, 7) is 4.60. The number of likely N-dealkylation sites (tertiary alicyclic amines) is 1. The number of carbonyl (C=O) groups is 2. The van der Waals surface area contributed by atoms with Crippen LogP contribution in [0.1, 0.15) is 39.5 Å². The SMILES string of the molecule is CCCC(=O)OCCSC1OC(C(NC(=O)C2CCCN2C)C(C)OC)C(O)C(O)C1O. The van der Waals surface area contributed by atoms with Crippen LogP contribution < -0.4 is 5.32 Å². The first kappa shape index (κ1) is 27.3. The summed E-state index contributed by atoms with van der Waals surface area (Å²) in [7, 11) is 3.38. The van der Waals surface area contributed by atoms with Crippen LogP contribution in [0.2, 0.25) is 0 Å². The molecule has 0 aromatic rings. The van der Waals surface area contributed by atoms with E-state index in [1.165, 1.54) is 18.9 Å². The van der Waals surface area contributed by atoms with Gasteiger partial charge in [-0.15, -0.1) is 11.8 Å². The Morgan fingerprint density at radius 1 is 1.25 bits per heavy atom. The van der Waals surface area contributed by atoms with Crippen LogP contribution in [-0.2, 0) is 23.8 Å². The Bertz CT molecular complexity index is 612. The minimum absolute atomic E-state index is 0.141. The van der Waals surface area contributed by atoms with Gasteiger partial charge in [-0.1, -0.05) is 6.92 Å². The number of methoxy groups -OCH3 is 1. The molecule has 0 spiro atoms. The van der Waals surface area contributed by atoms with Crippen molar-refractivity contribution in [2.24, 2.45) is 0 Å². The molecule has 0 aromatic carbocycles. The van der Waals surface area contributed by atoms with Gasteiger partial charge in [0.05, 0.1) is 18.2 Å². The Morgan fingerprint density at radius 2 is 1.97 bits per heavy atom. The normalized spacial score (nSPS) is 33.0. The Balaban J connectivity index is 2.04. The van der Waals surface area contributed by atoms with E-state index >= 15 is 0 Å². The largest absolute Gasteiger partial charge is 0.465 e. The highest BCUT2D eigenvalue weighted by Gasteiger charge is 2.48. The van der Waals surface area contributed by atoms with Crippen LogP contribution in [0.15, 0.2) is 0 Å². The van der Waals surface area contributed by atoms with Gasteiger partial charge in [-0.25, -0.2) is 0 Å². The van der Waals surface area contributed by atoms with Gasteiger partial charge >= 0.3 is 5.97 Å². The van der Waals surface area contributed by atoms with Crippen LogP contribution in [0.3, 0.4) is 0 Å². The molecule has 0 bridgehead atoms. The predicted octanol–water partition coefficient (Wildman–Crippen LogP) is -0.516. The summed E-state index contributed by atoms with van der Waals surface area (Å²) in [4.78, 5) is 26.3. The fourth-order valence-corrected chi connectivity index (χ4v) is 5.00. The fraction of sp³-hybridized carbons (Fsp3) is 0.905. The highest BCUT2D eigenvalue weighted by Crippen LogP contribution is 2.31. The van der Waals surface area contributed by atoms with Crippen molar-refractivity contribution in [3.8, 4) is 0 Å². The number of nitrogens with one attached hydrogen (secondary N) is 1. The van der Waals surface area contributed by atoms with Crippen molar-refractivity contribution in [1.29, 1.82) is 0 Å². The smallest absolute Gasteiger partial charge is 0.305 e. The number of thioether (sulfide) groups is 1. The molecule has 2 fully saturated rings. The van der Waals surface area contributed by atoms with Crippen molar-refractivity contribution < 1.29 is 39.1 Å². The predicted molar refractivity (Wildman–Crippen MR) is 119 cm³/mol. The van der Waals surface area contributed by atoms with Gasteiger partial charge < -0.3 is 34.8 Å². The van der Waals surface area contributed by atoms with Crippen molar-refractivity contribution in [2.75, 3.05) is 33.1 Å². The lowest BCUT2D eigenvalue weighted by molar-refractivity contribution is -0.212. The first-order valence-electron chi connectivity index (χ1n) is 11.2. The first-order chi connectivity index (χ1) is 15.2. The van der Waals surface area contributed by atoms with Crippen molar-refractivity contribution in [3.63, 3.8) is 0 Å². The lowest BCUT2D eigenvalue weighted by atomic mass is 9.92. The monoisotopic (exact) mass is 478 g/mol. The number of esters is 1. The number of nitrogens with zero attached hydrogens (tertiary/aromatic N) is 1. The molecule has 2 aliphatic rings. The maximum Gasteiger partial charge on any atom is 0.305 e. The number of carbonyl (C=O) groups excluding carboxylic acids is 2. The summed E-state index contributed by atoms with van der Waals surface area (Å²) in [6, 6.07) is -1.02. The molecule has 2 heterocycles. The van der Waals surface area contributed by atoms with E-state index in [0.717, 1.165) is 19.4 Å². The maximum atomic E-state index is 12.9. The van der Waals surface area contributed by atoms with Crippen LogP contribution in [-0.4, -0.2) is 113 Å². The van der Waals surface area contributed by atoms with Crippen molar-refractivity contribution in [2.45, 2.75) is 87.6 Å². The van der Waals surface area contributed by atoms with Crippen molar-refractivity contribution in [1.82, 2.24) is 10.2 Å². The molecule has 8 atom stereocenters. The minimum atomic E-state index is -1.47. The van der Waals surface area contributed by atoms with Gasteiger partial charge in [-0.2, -0.15) is 0 Å². The number of hydrogen-bond acceptors (Lipinski definition) is 10. The topological polar surface area (TPSA) is 138 Å². The van der Waals surface area contributed by atoms with E-state index in [9.17, 15) is 24.9 Å². The molecule has 186 valence electrons. The van der Waals surface area contributed by atoms with Gasteiger partial charge in [0.15, 0.2) is 0 Å². The van der Waals surface area contributed by atoms with Gasteiger partial charge in [-0.05, 0) is 39.8 Å². The summed E-state index contributed by atoms with van der Waals surface area (Å²) < 4.78 is 16.5. The van der Waals surface area contributed by atoms with E-state index < -0.39 is 42.0 Å². The maximum absolute atomic E-state index is 12.9. The first-order valence-corrected chi connectivity index (χ1v) is 12.3. The van der Waals surface area contributed by atoms with Crippen molar-refractivity contribution >= 4 is 23.6 Å². The number of aliphatic hydroxyl groups is 3.